The molecule has 32 heavy (non-hydrogen) atoms. The van der Waals surface area contributed by atoms with Crippen molar-refractivity contribution in [2.24, 2.45) is 22.7 Å². The van der Waals surface area contributed by atoms with Gasteiger partial charge in [-0.15, -0.1) is 0 Å². The second-order valence-electron chi connectivity index (χ2n) is 10.4. The van der Waals surface area contributed by atoms with E-state index in [1.54, 1.807) is 6.92 Å². The maximum Gasteiger partial charge on any atom is 0.303 e. The van der Waals surface area contributed by atoms with Crippen LogP contribution in [0.15, 0.2) is 11.6 Å². The Morgan fingerprint density at radius 3 is 2.09 bits per heavy atom. The number of carbonyl (C=O) groups excluding carboxylic acids is 4. The first-order valence-electron chi connectivity index (χ1n) is 11.1. The highest BCUT2D eigenvalue weighted by molar-refractivity contribution is 5.92. The number of ether oxygens (including phenoxy) is 3. The van der Waals surface area contributed by atoms with Crippen LogP contribution in [0.1, 0.15) is 67.7 Å². The van der Waals surface area contributed by atoms with Gasteiger partial charge in [-0.1, -0.05) is 26.3 Å². The number of hydrogen-bond acceptors (Lipinski definition) is 8. The lowest BCUT2D eigenvalue weighted by Crippen LogP contribution is -2.80. The molecule has 0 aromatic rings. The lowest BCUT2D eigenvalue weighted by Gasteiger charge is -2.69. The molecule has 0 aromatic carbocycles. The van der Waals surface area contributed by atoms with Crippen molar-refractivity contribution in [3.05, 3.63) is 11.6 Å². The molecule has 0 aromatic heterocycles. The second kappa shape index (κ2) is 7.97. The van der Waals surface area contributed by atoms with Gasteiger partial charge in [-0.2, -0.15) is 0 Å². The zero-order chi connectivity index (χ0) is 24.2. The minimum atomic E-state index is -1.75. The molecule has 0 saturated heterocycles. The molecule has 0 aliphatic heterocycles. The van der Waals surface area contributed by atoms with E-state index < -0.39 is 64.5 Å². The van der Waals surface area contributed by atoms with E-state index in [-0.39, 0.29) is 12.2 Å². The number of hydrogen-bond donors (Lipinski definition) is 1. The average molecular weight is 451 g/mol. The highest BCUT2D eigenvalue weighted by Crippen LogP contribution is 2.67. The summed E-state index contributed by atoms with van der Waals surface area (Å²) in [5.41, 5.74) is -3.01. The number of allylic oxidation sites excluding steroid dienone is 1. The first-order chi connectivity index (χ1) is 14.7. The van der Waals surface area contributed by atoms with Gasteiger partial charge in [0.05, 0.1) is 0 Å². The Morgan fingerprint density at radius 1 is 1.00 bits per heavy atom. The van der Waals surface area contributed by atoms with E-state index in [0.29, 0.717) is 18.4 Å². The first kappa shape index (κ1) is 24.4. The smallest absolute Gasteiger partial charge is 0.303 e. The summed E-state index contributed by atoms with van der Waals surface area (Å²) in [6.45, 7) is 11.1. The van der Waals surface area contributed by atoms with Crippen LogP contribution < -0.4 is 0 Å². The fourth-order valence-corrected chi connectivity index (χ4v) is 6.78. The Hall–Kier alpha value is -2.22. The number of fused-ring (bicyclic) bond motifs is 3. The SMILES string of the molecule is CC(=O)O[C@@H]1[C@@H]2C(C)=CC(=O)C[C@@H]2[C@@]2(C)[C@@H](OC(C)=O)CCC(C)(C)[C@]2(O)[C@H]1OC(C)=O. The minimum absolute atomic E-state index is 0.0964. The molecular weight excluding hydrogens is 416 g/mol. The number of rotatable bonds is 3. The van der Waals surface area contributed by atoms with Crippen molar-refractivity contribution in [3.8, 4) is 0 Å². The van der Waals surface area contributed by atoms with Crippen molar-refractivity contribution >= 4 is 23.7 Å². The molecular formula is C24H34O8. The summed E-state index contributed by atoms with van der Waals surface area (Å²) >= 11 is 0. The maximum atomic E-state index is 12.7. The molecule has 2 fully saturated rings. The van der Waals surface area contributed by atoms with Crippen molar-refractivity contribution in [2.45, 2.75) is 91.6 Å². The van der Waals surface area contributed by atoms with E-state index in [4.69, 9.17) is 14.2 Å². The first-order valence-corrected chi connectivity index (χ1v) is 11.1. The van der Waals surface area contributed by atoms with E-state index in [1.165, 1.54) is 26.8 Å². The van der Waals surface area contributed by atoms with Gasteiger partial charge in [0, 0.05) is 38.5 Å². The number of ketones is 1. The Morgan fingerprint density at radius 2 is 1.56 bits per heavy atom. The summed E-state index contributed by atoms with van der Waals surface area (Å²) in [7, 11) is 0. The molecule has 3 aliphatic rings. The van der Waals surface area contributed by atoms with Crippen LogP contribution in [0.25, 0.3) is 0 Å². The molecule has 1 N–H and O–H groups in total. The predicted molar refractivity (Wildman–Crippen MR) is 113 cm³/mol. The third-order valence-corrected chi connectivity index (χ3v) is 8.06. The van der Waals surface area contributed by atoms with Gasteiger partial charge in [0.15, 0.2) is 11.9 Å². The van der Waals surface area contributed by atoms with E-state index in [2.05, 4.69) is 0 Å². The summed E-state index contributed by atoms with van der Waals surface area (Å²) < 4.78 is 17.2. The standard InChI is InChI=1S/C24H34O8/c1-12-10-16(28)11-17-19(12)20(31-14(3)26)21(32-15(4)27)24(29)22(5,6)9-8-18(23(17,24)7)30-13(2)25/h10,17-21,29H,8-9,11H2,1-7H3/t17-,18-,19+,20+,21-,23-,24+/m0/s1. The molecule has 2 saturated carbocycles. The molecule has 178 valence electrons. The summed E-state index contributed by atoms with van der Waals surface area (Å²) in [6, 6.07) is 0. The fourth-order valence-electron chi connectivity index (χ4n) is 6.78. The number of aliphatic hydroxyl groups is 1. The molecule has 8 nitrogen and oxygen atoms in total. The predicted octanol–water partition coefficient (Wildman–Crippen LogP) is 2.50. The second-order valence-corrected chi connectivity index (χ2v) is 10.4. The topological polar surface area (TPSA) is 116 Å². The van der Waals surface area contributed by atoms with E-state index >= 15 is 0 Å². The van der Waals surface area contributed by atoms with Crippen molar-refractivity contribution in [3.63, 3.8) is 0 Å². The fraction of sp³-hybridized carbons (Fsp3) is 0.750. The van der Waals surface area contributed by atoms with Crippen LogP contribution in [0.4, 0.5) is 0 Å². The molecule has 0 radical (unpaired) electrons. The minimum Gasteiger partial charge on any atom is -0.462 e. The van der Waals surface area contributed by atoms with Gasteiger partial charge < -0.3 is 19.3 Å². The Balaban J connectivity index is 2.34. The monoisotopic (exact) mass is 450 g/mol. The normalized spacial score (nSPS) is 40.3. The van der Waals surface area contributed by atoms with E-state index in [0.717, 1.165) is 0 Å². The zero-order valence-corrected chi connectivity index (χ0v) is 19.9. The van der Waals surface area contributed by atoms with Gasteiger partial charge in [0.1, 0.15) is 17.8 Å². The number of esters is 3. The third kappa shape index (κ3) is 3.47. The van der Waals surface area contributed by atoms with Gasteiger partial charge in [-0.25, -0.2) is 0 Å². The van der Waals surface area contributed by atoms with Crippen molar-refractivity contribution < 1.29 is 38.5 Å². The third-order valence-electron chi connectivity index (χ3n) is 8.06. The van der Waals surface area contributed by atoms with Crippen LogP contribution in [0.5, 0.6) is 0 Å². The van der Waals surface area contributed by atoms with Gasteiger partial charge in [0.25, 0.3) is 0 Å². The van der Waals surface area contributed by atoms with E-state index in [9.17, 15) is 24.3 Å². The highest BCUT2D eigenvalue weighted by Gasteiger charge is 2.76. The van der Waals surface area contributed by atoms with Crippen LogP contribution in [-0.4, -0.2) is 52.7 Å². The quantitative estimate of drug-likeness (QED) is 0.515. The Bertz CT molecular complexity index is 873. The lowest BCUT2D eigenvalue weighted by atomic mass is 9.39. The van der Waals surface area contributed by atoms with Crippen LogP contribution in [0.2, 0.25) is 0 Å². The molecule has 0 spiro atoms. The van der Waals surface area contributed by atoms with Gasteiger partial charge in [-0.05, 0) is 37.2 Å². The zero-order valence-electron chi connectivity index (χ0n) is 19.9. The van der Waals surface area contributed by atoms with Crippen LogP contribution in [0.3, 0.4) is 0 Å². The van der Waals surface area contributed by atoms with Crippen molar-refractivity contribution in [2.75, 3.05) is 0 Å². The van der Waals surface area contributed by atoms with Gasteiger partial charge >= 0.3 is 17.9 Å². The number of carbonyl (C=O) groups is 4. The maximum absolute atomic E-state index is 12.7. The molecule has 7 atom stereocenters. The molecule has 3 rings (SSSR count). The van der Waals surface area contributed by atoms with Crippen LogP contribution in [-0.2, 0) is 33.4 Å². The summed E-state index contributed by atoms with van der Waals surface area (Å²) in [4.78, 5) is 49.0. The molecule has 8 heteroatoms. The average Bonchev–Trinajstić information content (AvgIpc) is 2.63. The van der Waals surface area contributed by atoms with Gasteiger partial charge in [0.2, 0.25) is 0 Å². The molecule has 3 aliphatic carbocycles. The Labute approximate surface area is 188 Å². The summed E-state index contributed by atoms with van der Waals surface area (Å²) in [5.74, 6) is -2.78. The molecule has 0 amide bonds. The van der Waals surface area contributed by atoms with Gasteiger partial charge in [-0.3, -0.25) is 19.2 Å². The lowest BCUT2D eigenvalue weighted by molar-refractivity contribution is -0.333. The van der Waals surface area contributed by atoms with Crippen LogP contribution in [0, 0.1) is 22.7 Å². The molecule has 0 unspecified atom stereocenters. The van der Waals surface area contributed by atoms with Crippen LogP contribution >= 0.6 is 0 Å². The summed E-state index contributed by atoms with van der Waals surface area (Å²) in [6.07, 6.45) is -0.331. The molecule has 0 bridgehead atoms. The van der Waals surface area contributed by atoms with Crippen molar-refractivity contribution in [1.29, 1.82) is 0 Å². The Kier molecular flexibility index (Phi) is 6.09. The molecule has 0 heterocycles. The highest BCUT2D eigenvalue weighted by atomic mass is 16.6. The largest absolute Gasteiger partial charge is 0.462 e. The summed E-state index contributed by atoms with van der Waals surface area (Å²) in [5, 5.41) is 12.6. The van der Waals surface area contributed by atoms with E-state index in [1.807, 2.05) is 20.8 Å². The van der Waals surface area contributed by atoms with Crippen molar-refractivity contribution in [1.82, 2.24) is 0 Å².